The quantitative estimate of drug-likeness (QED) is 0.809. The van der Waals surface area contributed by atoms with Gasteiger partial charge in [0.2, 0.25) is 0 Å². The molecule has 1 N–H and O–H groups in total. The fourth-order valence-corrected chi connectivity index (χ4v) is 2.02. The standard InChI is InChI=1S/C14H19NO2/c1-14(2,3)9-10-4-5-11-12(8-10)17-7-6-15-13(11)16/h4-5,8H,6-7,9H2,1-3H3,(H,15,16). The zero-order valence-electron chi connectivity index (χ0n) is 10.7. The molecule has 0 saturated heterocycles. The van der Waals surface area contributed by atoms with Gasteiger partial charge in [0.15, 0.2) is 0 Å². The summed E-state index contributed by atoms with van der Waals surface area (Å²) in [5, 5.41) is 2.80. The fourth-order valence-electron chi connectivity index (χ4n) is 2.02. The smallest absolute Gasteiger partial charge is 0.255 e. The summed E-state index contributed by atoms with van der Waals surface area (Å²) in [5.74, 6) is 0.668. The molecule has 17 heavy (non-hydrogen) atoms. The number of nitrogens with one attached hydrogen (secondary N) is 1. The highest BCUT2D eigenvalue weighted by atomic mass is 16.5. The summed E-state index contributed by atoms with van der Waals surface area (Å²) >= 11 is 0. The van der Waals surface area contributed by atoms with E-state index in [1.807, 2.05) is 18.2 Å². The lowest BCUT2D eigenvalue weighted by Gasteiger charge is -2.18. The van der Waals surface area contributed by atoms with Gasteiger partial charge in [0, 0.05) is 0 Å². The predicted molar refractivity (Wildman–Crippen MR) is 67.4 cm³/mol. The molecular weight excluding hydrogens is 214 g/mol. The number of rotatable bonds is 1. The summed E-state index contributed by atoms with van der Waals surface area (Å²) in [6.07, 6.45) is 0.977. The fraction of sp³-hybridized carbons (Fsp3) is 0.500. The summed E-state index contributed by atoms with van der Waals surface area (Å²) in [6, 6.07) is 5.86. The Bertz CT molecular complexity index is 432. The molecule has 2 rings (SSSR count). The van der Waals surface area contributed by atoms with Crippen LogP contribution in [0.2, 0.25) is 0 Å². The SMILES string of the molecule is CC(C)(C)Cc1ccc2c(c1)OCCNC2=O. The van der Waals surface area contributed by atoms with Gasteiger partial charge in [-0.3, -0.25) is 4.79 Å². The van der Waals surface area contributed by atoms with E-state index in [0.29, 0.717) is 24.5 Å². The Hall–Kier alpha value is -1.51. The molecule has 0 aromatic heterocycles. The van der Waals surface area contributed by atoms with E-state index < -0.39 is 0 Å². The van der Waals surface area contributed by atoms with Gasteiger partial charge < -0.3 is 10.1 Å². The Morgan fingerprint density at radius 3 is 2.82 bits per heavy atom. The van der Waals surface area contributed by atoms with Crippen LogP contribution in [0.3, 0.4) is 0 Å². The highest BCUT2D eigenvalue weighted by molar-refractivity contribution is 5.97. The molecule has 0 aliphatic carbocycles. The molecule has 0 spiro atoms. The van der Waals surface area contributed by atoms with Crippen molar-refractivity contribution in [3.05, 3.63) is 29.3 Å². The van der Waals surface area contributed by atoms with Crippen LogP contribution in [0, 0.1) is 5.41 Å². The van der Waals surface area contributed by atoms with E-state index >= 15 is 0 Å². The minimum absolute atomic E-state index is 0.0418. The monoisotopic (exact) mass is 233 g/mol. The van der Waals surface area contributed by atoms with Crippen LogP contribution < -0.4 is 10.1 Å². The third kappa shape index (κ3) is 2.99. The number of hydrogen-bond donors (Lipinski definition) is 1. The Labute approximate surface area is 102 Å². The van der Waals surface area contributed by atoms with Crippen LogP contribution in [0.5, 0.6) is 5.75 Å². The van der Waals surface area contributed by atoms with Gasteiger partial charge in [-0.05, 0) is 29.5 Å². The van der Waals surface area contributed by atoms with E-state index in [0.717, 1.165) is 6.42 Å². The summed E-state index contributed by atoms with van der Waals surface area (Å²) in [5.41, 5.74) is 2.09. The minimum atomic E-state index is -0.0418. The highest BCUT2D eigenvalue weighted by Gasteiger charge is 2.18. The van der Waals surface area contributed by atoms with Crippen LogP contribution in [0.4, 0.5) is 0 Å². The van der Waals surface area contributed by atoms with Gasteiger partial charge in [0.25, 0.3) is 5.91 Å². The van der Waals surface area contributed by atoms with E-state index in [-0.39, 0.29) is 11.3 Å². The molecular formula is C14H19NO2. The maximum atomic E-state index is 11.7. The molecule has 1 amide bonds. The van der Waals surface area contributed by atoms with Crippen molar-refractivity contribution in [2.24, 2.45) is 5.41 Å². The number of benzene rings is 1. The van der Waals surface area contributed by atoms with Gasteiger partial charge in [-0.1, -0.05) is 26.8 Å². The van der Waals surface area contributed by atoms with Gasteiger partial charge >= 0.3 is 0 Å². The van der Waals surface area contributed by atoms with E-state index in [2.05, 4.69) is 26.1 Å². The summed E-state index contributed by atoms with van der Waals surface area (Å²) in [4.78, 5) is 11.7. The average Bonchev–Trinajstić information content (AvgIpc) is 2.38. The number of amides is 1. The third-order valence-electron chi connectivity index (χ3n) is 2.67. The molecule has 3 heteroatoms. The van der Waals surface area contributed by atoms with Crippen molar-refractivity contribution in [2.45, 2.75) is 27.2 Å². The van der Waals surface area contributed by atoms with Gasteiger partial charge in [0.05, 0.1) is 12.1 Å². The Balaban J connectivity index is 2.30. The second-order valence-electron chi connectivity index (χ2n) is 5.67. The molecule has 0 unspecified atom stereocenters. The number of fused-ring (bicyclic) bond motifs is 1. The van der Waals surface area contributed by atoms with Gasteiger partial charge in [-0.25, -0.2) is 0 Å². The summed E-state index contributed by atoms with van der Waals surface area (Å²) in [7, 11) is 0. The third-order valence-corrected chi connectivity index (χ3v) is 2.67. The lowest BCUT2D eigenvalue weighted by molar-refractivity contribution is 0.0957. The van der Waals surface area contributed by atoms with Crippen molar-refractivity contribution in [1.82, 2.24) is 5.32 Å². The van der Waals surface area contributed by atoms with Crippen LogP contribution in [0.25, 0.3) is 0 Å². The molecule has 3 nitrogen and oxygen atoms in total. The number of carbonyl (C=O) groups excluding carboxylic acids is 1. The van der Waals surface area contributed by atoms with Crippen molar-refractivity contribution >= 4 is 5.91 Å². The lowest BCUT2D eigenvalue weighted by atomic mass is 9.88. The second-order valence-corrected chi connectivity index (χ2v) is 5.67. The molecule has 1 aromatic rings. The molecule has 0 fully saturated rings. The Morgan fingerprint density at radius 1 is 1.35 bits per heavy atom. The lowest BCUT2D eigenvalue weighted by Crippen LogP contribution is -2.24. The normalized spacial score (nSPS) is 15.6. The molecule has 92 valence electrons. The van der Waals surface area contributed by atoms with Crippen molar-refractivity contribution in [1.29, 1.82) is 0 Å². The molecule has 0 bridgehead atoms. The first-order chi connectivity index (χ1) is 7.96. The van der Waals surface area contributed by atoms with Gasteiger partial charge in [-0.2, -0.15) is 0 Å². The van der Waals surface area contributed by atoms with E-state index in [4.69, 9.17) is 4.74 Å². The first-order valence-electron chi connectivity index (χ1n) is 6.00. The largest absolute Gasteiger partial charge is 0.491 e. The van der Waals surface area contributed by atoms with Crippen molar-refractivity contribution in [2.75, 3.05) is 13.2 Å². The van der Waals surface area contributed by atoms with Crippen LogP contribution in [0.15, 0.2) is 18.2 Å². The molecule has 1 aliphatic rings. The van der Waals surface area contributed by atoms with Gasteiger partial charge in [-0.15, -0.1) is 0 Å². The predicted octanol–water partition coefficient (Wildman–Crippen LogP) is 2.40. The first kappa shape index (κ1) is 12.0. The first-order valence-corrected chi connectivity index (χ1v) is 6.00. The molecule has 1 heterocycles. The van der Waals surface area contributed by atoms with E-state index in [1.54, 1.807) is 0 Å². The molecule has 0 atom stereocenters. The maximum Gasteiger partial charge on any atom is 0.255 e. The maximum absolute atomic E-state index is 11.7. The van der Waals surface area contributed by atoms with E-state index in [1.165, 1.54) is 5.56 Å². The summed E-state index contributed by atoms with van der Waals surface area (Å²) in [6.45, 7) is 7.71. The summed E-state index contributed by atoms with van der Waals surface area (Å²) < 4.78 is 5.59. The molecule has 1 aromatic carbocycles. The number of ether oxygens (including phenoxy) is 1. The van der Waals surface area contributed by atoms with Crippen LogP contribution >= 0.6 is 0 Å². The van der Waals surface area contributed by atoms with Crippen molar-refractivity contribution < 1.29 is 9.53 Å². The van der Waals surface area contributed by atoms with Crippen LogP contribution in [-0.4, -0.2) is 19.1 Å². The second kappa shape index (κ2) is 4.40. The zero-order valence-corrected chi connectivity index (χ0v) is 10.7. The van der Waals surface area contributed by atoms with Gasteiger partial charge in [0.1, 0.15) is 12.4 Å². The average molecular weight is 233 g/mol. The van der Waals surface area contributed by atoms with E-state index in [9.17, 15) is 4.79 Å². The molecule has 1 aliphatic heterocycles. The Kier molecular flexibility index (Phi) is 3.09. The number of carbonyl (C=O) groups is 1. The molecule has 0 saturated carbocycles. The zero-order chi connectivity index (χ0) is 12.5. The minimum Gasteiger partial charge on any atom is -0.491 e. The topological polar surface area (TPSA) is 38.3 Å². The van der Waals surface area contributed by atoms with Crippen LogP contribution in [-0.2, 0) is 6.42 Å². The highest BCUT2D eigenvalue weighted by Crippen LogP contribution is 2.26. The van der Waals surface area contributed by atoms with Crippen LogP contribution in [0.1, 0.15) is 36.7 Å². The number of hydrogen-bond acceptors (Lipinski definition) is 2. The van der Waals surface area contributed by atoms with Crippen molar-refractivity contribution in [3.63, 3.8) is 0 Å². The Morgan fingerprint density at radius 2 is 2.12 bits per heavy atom. The van der Waals surface area contributed by atoms with Crippen molar-refractivity contribution in [3.8, 4) is 5.75 Å². The molecule has 0 radical (unpaired) electrons.